The summed E-state index contributed by atoms with van der Waals surface area (Å²) in [7, 11) is 4.79. The maximum Gasteiger partial charge on any atom is 0.231 e. The van der Waals surface area contributed by atoms with E-state index in [0.29, 0.717) is 53.8 Å². The first-order valence-electron chi connectivity index (χ1n) is 16.8. The van der Waals surface area contributed by atoms with E-state index in [1.54, 1.807) is 21.3 Å². The van der Waals surface area contributed by atoms with Gasteiger partial charge in [0.2, 0.25) is 13.1 Å². The van der Waals surface area contributed by atoms with Gasteiger partial charge in [-0.05, 0) is 61.0 Å². The lowest BCUT2D eigenvalue weighted by Crippen LogP contribution is -2.60. The summed E-state index contributed by atoms with van der Waals surface area (Å²) in [5, 5.41) is 1.47. The molecule has 262 valence electrons. The minimum absolute atomic E-state index is 0.0160. The molecule has 5 unspecified atom stereocenters. The summed E-state index contributed by atoms with van der Waals surface area (Å²) in [5.41, 5.74) is 3.93. The van der Waals surface area contributed by atoms with E-state index in [2.05, 4.69) is 0 Å². The fraction of sp³-hybridized carbons (Fsp3) is 0.410. The van der Waals surface area contributed by atoms with Crippen LogP contribution in [0.4, 0.5) is 0 Å². The number of fused-ring (bicyclic) bond motifs is 4. The third-order valence-electron chi connectivity index (χ3n) is 9.69. The van der Waals surface area contributed by atoms with Crippen LogP contribution < -0.4 is 23.7 Å². The van der Waals surface area contributed by atoms with E-state index >= 15 is 0 Å². The van der Waals surface area contributed by atoms with Crippen molar-refractivity contribution < 1.29 is 52.2 Å². The van der Waals surface area contributed by atoms with Crippen molar-refractivity contribution in [3.05, 3.63) is 77.4 Å². The number of hydrogen-bond donors (Lipinski definition) is 0. The number of methoxy groups -OCH3 is 3. The fourth-order valence-corrected chi connectivity index (χ4v) is 7.52. The molecular formula is C39H40O11. The lowest BCUT2D eigenvalue weighted by Gasteiger charge is -2.42. The minimum atomic E-state index is -0.954. The monoisotopic (exact) mass is 684 g/mol. The van der Waals surface area contributed by atoms with E-state index < -0.39 is 36.5 Å². The molecule has 11 nitrogen and oxygen atoms in total. The molecule has 4 aromatic carbocycles. The highest BCUT2D eigenvalue weighted by Gasteiger charge is 2.57. The molecule has 50 heavy (non-hydrogen) atoms. The molecule has 0 spiro atoms. The van der Waals surface area contributed by atoms with E-state index in [1.807, 2.05) is 74.5 Å². The van der Waals surface area contributed by atoms with Gasteiger partial charge in [0.1, 0.15) is 30.2 Å². The lowest BCUT2D eigenvalue weighted by atomic mass is 9.89. The van der Waals surface area contributed by atoms with Gasteiger partial charge in [-0.15, -0.1) is 0 Å². The summed E-state index contributed by atoms with van der Waals surface area (Å²) >= 11 is 0. The highest BCUT2D eigenvalue weighted by Crippen LogP contribution is 2.51. The first-order valence-corrected chi connectivity index (χ1v) is 16.8. The summed E-state index contributed by atoms with van der Waals surface area (Å²) in [4.78, 5) is 13.9. The molecule has 2 saturated heterocycles. The molecule has 0 amide bonds. The van der Waals surface area contributed by atoms with Gasteiger partial charge in [0.05, 0.1) is 27.4 Å². The zero-order valence-corrected chi connectivity index (χ0v) is 28.7. The molecular weight excluding hydrogens is 644 g/mol. The Hall–Kier alpha value is -4.39. The predicted octanol–water partition coefficient (Wildman–Crippen LogP) is 6.24. The van der Waals surface area contributed by atoms with Gasteiger partial charge in [-0.2, -0.15) is 0 Å². The van der Waals surface area contributed by atoms with E-state index in [-0.39, 0.29) is 19.2 Å². The maximum atomic E-state index is 13.9. The van der Waals surface area contributed by atoms with Gasteiger partial charge in [-0.1, -0.05) is 36.4 Å². The van der Waals surface area contributed by atoms with Gasteiger partial charge in [-0.3, -0.25) is 4.79 Å². The Morgan fingerprint density at radius 2 is 1.56 bits per heavy atom. The standard InChI is InChI=1S/C39H40O11/c1-39(2)49-35-31(19-41-3)47-38(37(36(35)50-39)44-18-21-9-7-6-8-10-21)48-34-23-12-13-26(40)33(23)32(22-11-14-27-30(15-22)46-20-45-27)24-16-28(42-4)29(43-5)17-25(24)34/h6-11,14-17,31,35-38H,12-13,18-20H2,1-5H3. The van der Waals surface area contributed by atoms with Gasteiger partial charge in [0.25, 0.3) is 0 Å². The first-order chi connectivity index (χ1) is 24.3. The van der Waals surface area contributed by atoms with E-state index in [1.165, 1.54) is 0 Å². The Balaban J connectivity index is 1.29. The third-order valence-corrected chi connectivity index (χ3v) is 9.69. The largest absolute Gasteiger partial charge is 0.493 e. The average Bonchev–Trinajstić information content (AvgIpc) is 3.84. The van der Waals surface area contributed by atoms with Crippen molar-refractivity contribution in [3.8, 4) is 39.9 Å². The summed E-state index contributed by atoms with van der Waals surface area (Å²) in [6.45, 7) is 4.43. The van der Waals surface area contributed by atoms with Crippen LogP contribution >= 0.6 is 0 Å². The number of carbonyl (C=O) groups excluding carboxylic acids is 1. The van der Waals surface area contributed by atoms with E-state index in [4.69, 9.17) is 47.4 Å². The molecule has 5 atom stereocenters. The van der Waals surface area contributed by atoms with Gasteiger partial charge in [0, 0.05) is 35.6 Å². The Morgan fingerprint density at radius 3 is 2.32 bits per heavy atom. The Bertz CT molecular complexity index is 1920. The second kappa shape index (κ2) is 13.1. The second-order valence-corrected chi connectivity index (χ2v) is 13.2. The van der Waals surface area contributed by atoms with Crippen molar-refractivity contribution in [1.29, 1.82) is 0 Å². The molecule has 4 aliphatic rings. The number of hydrogen-bond acceptors (Lipinski definition) is 11. The van der Waals surface area contributed by atoms with Crippen molar-refractivity contribution in [2.24, 2.45) is 0 Å². The van der Waals surface area contributed by atoms with Crippen molar-refractivity contribution in [2.75, 3.05) is 34.7 Å². The van der Waals surface area contributed by atoms with Crippen molar-refractivity contribution in [1.82, 2.24) is 0 Å². The van der Waals surface area contributed by atoms with Crippen LogP contribution in [0.1, 0.15) is 41.8 Å². The highest BCUT2D eigenvalue weighted by atomic mass is 16.8. The number of Topliss-reactive ketones (excluding diaryl/α,β-unsaturated/α-hetero) is 1. The van der Waals surface area contributed by atoms with E-state index in [9.17, 15) is 4.79 Å². The van der Waals surface area contributed by atoms with Crippen LogP contribution in [0.25, 0.3) is 21.9 Å². The van der Waals surface area contributed by atoms with Gasteiger partial charge < -0.3 is 47.4 Å². The molecule has 4 aromatic rings. The molecule has 0 bridgehead atoms. The van der Waals surface area contributed by atoms with Crippen LogP contribution in [0.5, 0.6) is 28.7 Å². The molecule has 3 heterocycles. The van der Waals surface area contributed by atoms with Crippen LogP contribution in [0, 0.1) is 0 Å². The van der Waals surface area contributed by atoms with Crippen LogP contribution in [0.3, 0.4) is 0 Å². The summed E-state index contributed by atoms with van der Waals surface area (Å²) in [5.74, 6) is 1.94. The minimum Gasteiger partial charge on any atom is -0.493 e. The fourth-order valence-electron chi connectivity index (χ4n) is 7.52. The zero-order valence-electron chi connectivity index (χ0n) is 28.7. The molecule has 11 heteroatoms. The van der Waals surface area contributed by atoms with Crippen LogP contribution in [0.15, 0.2) is 60.7 Å². The molecule has 0 aromatic heterocycles. The van der Waals surface area contributed by atoms with Crippen molar-refractivity contribution >= 4 is 16.6 Å². The molecule has 0 N–H and O–H groups in total. The molecule has 0 radical (unpaired) electrons. The number of ketones is 1. The molecule has 1 aliphatic carbocycles. The molecule has 3 aliphatic heterocycles. The van der Waals surface area contributed by atoms with Crippen LogP contribution in [-0.4, -0.2) is 77.0 Å². The van der Waals surface area contributed by atoms with Gasteiger partial charge in [-0.25, -0.2) is 0 Å². The summed E-state index contributed by atoms with van der Waals surface area (Å²) < 4.78 is 61.6. The summed E-state index contributed by atoms with van der Waals surface area (Å²) in [6, 6.07) is 19.4. The topological polar surface area (TPSA) is 109 Å². The maximum absolute atomic E-state index is 13.9. The first kappa shape index (κ1) is 32.8. The number of rotatable bonds is 10. The summed E-state index contributed by atoms with van der Waals surface area (Å²) in [6.07, 6.45) is -2.36. The third kappa shape index (κ3) is 5.72. The van der Waals surface area contributed by atoms with Crippen LogP contribution in [-0.2, 0) is 36.7 Å². The number of ether oxygens (including phenoxy) is 10. The normalized spacial score (nSPS) is 24.7. The molecule has 8 rings (SSSR count). The van der Waals surface area contributed by atoms with Gasteiger partial charge >= 0.3 is 0 Å². The highest BCUT2D eigenvalue weighted by molar-refractivity contribution is 6.16. The number of carbonyl (C=O) groups is 1. The SMILES string of the molecule is COCC1OC(Oc2c3c(c(-c4ccc5c(c4)OCO5)c4cc(OC)c(OC)cc24)C(=O)CC3)C(OCc2ccccc2)C2OC(C)(C)OC12. The molecule has 2 fully saturated rings. The lowest BCUT2D eigenvalue weighted by molar-refractivity contribution is -0.269. The smallest absolute Gasteiger partial charge is 0.231 e. The number of benzene rings is 4. The van der Waals surface area contributed by atoms with Crippen molar-refractivity contribution in [3.63, 3.8) is 0 Å². The Labute approximate surface area is 290 Å². The van der Waals surface area contributed by atoms with Crippen molar-refractivity contribution in [2.45, 2.75) is 69.8 Å². The molecule has 0 saturated carbocycles. The average molecular weight is 685 g/mol. The predicted molar refractivity (Wildman–Crippen MR) is 181 cm³/mol. The Kier molecular flexibility index (Phi) is 8.56. The zero-order chi connectivity index (χ0) is 34.6. The van der Waals surface area contributed by atoms with E-state index in [0.717, 1.165) is 33.0 Å². The van der Waals surface area contributed by atoms with Crippen LogP contribution in [0.2, 0.25) is 0 Å². The Morgan fingerprint density at radius 1 is 0.820 bits per heavy atom. The quantitative estimate of drug-likeness (QED) is 0.190. The van der Waals surface area contributed by atoms with Gasteiger partial charge in [0.15, 0.2) is 34.6 Å². The second-order valence-electron chi connectivity index (χ2n) is 13.2.